The molecule has 1 atom stereocenters. The lowest BCUT2D eigenvalue weighted by Gasteiger charge is -2.06. The molecule has 0 amide bonds. The first-order valence-corrected chi connectivity index (χ1v) is 6.14. The molecule has 1 unspecified atom stereocenters. The second-order valence-corrected chi connectivity index (χ2v) is 4.71. The van der Waals surface area contributed by atoms with Gasteiger partial charge in [-0.1, -0.05) is 0 Å². The molecule has 0 bridgehead atoms. The molecule has 2 rings (SSSR count). The average Bonchev–Trinajstić information content (AvgIpc) is 2.74. The first-order valence-electron chi connectivity index (χ1n) is 6.14. The fourth-order valence-corrected chi connectivity index (χ4v) is 2.30. The molecule has 1 aromatic carbocycles. The predicted molar refractivity (Wildman–Crippen MR) is 75.4 cm³/mol. The molecule has 8 nitrogen and oxygen atoms in total. The molecular formula is C13H15N3O5. The number of hydrogen-bond acceptors (Lipinski definition) is 5. The lowest BCUT2D eigenvalue weighted by molar-refractivity contribution is -0.383. The van der Waals surface area contributed by atoms with Gasteiger partial charge < -0.3 is 20.1 Å². The van der Waals surface area contributed by atoms with E-state index in [1.165, 1.54) is 13.2 Å². The molecule has 0 saturated carbocycles. The van der Waals surface area contributed by atoms with Crippen LogP contribution in [-0.4, -0.2) is 33.7 Å². The highest BCUT2D eigenvalue weighted by Crippen LogP contribution is 2.34. The van der Waals surface area contributed by atoms with E-state index in [-0.39, 0.29) is 12.1 Å². The maximum Gasteiger partial charge on any atom is 0.320 e. The van der Waals surface area contributed by atoms with E-state index in [1.54, 1.807) is 23.9 Å². The van der Waals surface area contributed by atoms with E-state index in [9.17, 15) is 14.9 Å². The number of ether oxygens (including phenoxy) is 1. The summed E-state index contributed by atoms with van der Waals surface area (Å²) in [6.07, 6.45) is 1.67. The smallest absolute Gasteiger partial charge is 0.320 e. The second-order valence-electron chi connectivity index (χ2n) is 4.71. The molecule has 112 valence electrons. The van der Waals surface area contributed by atoms with Gasteiger partial charge in [0.25, 0.3) is 5.69 Å². The minimum atomic E-state index is -1.15. The SMILES string of the molecule is COc1cc([N+](=O)[O-])c2c(CC(N)C(=O)O)cn(C)c2c1. The Morgan fingerprint density at radius 1 is 1.57 bits per heavy atom. The summed E-state index contributed by atoms with van der Waals surface area (Å²) < 4.78 is 6.75. The lowest BCUT2D eigenvalue weighted by atomic mass is 10.0. The number of aliphatic carboxylic acids is 1. The van der Waals surface area contributed by atoms with Gasteiger partial charge >= 0.3 is 5.97 Å². The number of nitrogens with zero attached hydrogens (tertiary/aromatic N) is 2. The zero-order valence-corrected chi connectivity index (χ0v) is 11.6. The largest absolute Gasteiger partial charge is 0.496 e. The molecule has 3 N–H and O–H groups in total. The van der Waals surface area contributed by atoms with Crippen LogP contribution in [0.5, 0.6) is 5.75 Å². The number of benzene rings is 1. The summed E-state index contributed by atoms with van der Waals surface area (Å²) in [6, 6.07) is 1.87. The average molecular weight is 293 g/mol. The highest BCUT2D eigenvalue weighted by molar-refractivity contribution is 5.94. The normalized spacial score (nSPS) is 12.3. The van der Waals surface area contributed by atoms with E-state index in [1.807, 2.05) is 0 Å². The first-order chi connectivity index (χ1) is 9.85. The molecule has 1 heterocycles. The highest BCUT2D eigenvalue weighted by Gasteiger charge is 2.23. The van der Waals surface area contributed by atoms with E-state index >= 15 is 0 Å². The number of non-ortho nitro benzene ring substituents is 1. The summed E-state index contributed by atoms with van der Waals surface area (Å²) in [6.45, 7) is 0. The Morgan fingerprint density at radius 2 is 2.24 bits per heavy atom. The third-order valence-corrected chi connectivity index (χ3v) is 3.31. The van der Waals surface area contributed by atoms with E-state index in [0.29, 0.717) is 22.2 Å². The topological polar surface area (TPSA) is 121 Å². The third-order valence-electron chi connectivity index (χ3n) is 3.31. The van der Waals surface area contributed by atoms with Crippen LogP contribution >= 0.6 is 0 Å². The standard InChI is InChI=1S/C13H15N3O5/c1-15-6-7(3-9(14)13(17)18)12-10(15)4-8(21-2)5-11(12)16(19)20/h4-6,9H,3,14H2,1-2H3,(H,17,18). The maximum atomic E-state index is 11.3. The monoisotopic (exact) mass is 293 g/mol. The Labute approximate surface area is 119 Å². The Morgan fingerprint density at radius 3 is 2.76 bits per heavy atom. The Hall–Kier alpha value is -2.61. The second kappa shape index (κ2) is 5.41. The minimum Gasteiger partial charge on any atom is -0.496 e. The van der Waals surface area contributed by atoms with Gasteiger partial charge in [0.15, 0.2) is 0 Å². The van der Waals surface area contributed by atoms with Crippen LogP contribution in [0.4, 0.5) is 5.69 Å². The fourth-order valence-electron chi connectivity index (χ4n) is 2.30. The number of aromatic nitrogens is 1. The maximum absolute atomic E-state index is 11.3. The summed E-state index contributed by atoms with van der Waals surface area (Å²) in [5, 5.41) is 20.5. The molecule has 0 aliphatic rings. The van der Waals surface area contributed by atoms with Gasteiger partial charge in [-0.25, -0.2) is 0 Å². The number of nitrogens with two attached hydrogens (primary N) is 1. The summed E-state index contributed by atoms with van der Waals surface area (Å²) in [7, 11) is 3.15. The van der Waals surface area contributed by atoms with Crippen molar-refractivity contribution in [3.63, 3.8) is 0 Å². The number of nitro groups is 1. The Balaban J connectivity index is 2.68. The summed E-state index contributed by atoms with van der Waals surface area (Å²) in [5.41, 5.74) is 6.52. The zero-order valence-electron chi connectivity index (χ0n) is 11.6. The van der Waals surface area contributed by atoms with Crippen molar-refractivity contribution < 1.29 is 19.6 Å². The molecule has 2 aromatic rings. The van der Waals surface area contributed by atoms with Crippen LogP contribution in [0.25, 0.3) is 10.9 Å². The van der Waals surface area contributed by atoms with Crippen molar-refractivity contribution in [2.75, 3.05) is 7.11 Å². The van der Waals surface area contributed by atoms with Crippen molar-refractivity contribution in [2.24, 2.45) is 12.8 Å². The van der Waals surface area contributed by atoms with Crippen LogP contribution in [0.1, 0.15) is 5.56 Å². The van der Waals surface area contributed by atoms with Crippen molar-refractivity contribution in [3.05, 3.63) is 34.0 Å². The van der Waals surface area contributed by atoms with Gasteiger partial charge in [0.05, 0.1) is 29.0 Å². The molecule has 8 heteroatoms. The van der Waals surface area contributed by atoms with Crippen LogP contribution in [-0.2, 0) is 18.3 Å². The van der Waals surface area contributed by atoms with Crippen LogP contribution in [0, 0.1) is 10.1 Å². The molecule has 21 heavy (non-hydrogen) atoms. The third kappa shape index (κ3) is 2.65. The number of rotatable bonds is 5. The highest BCUT2D eigenvalue weighted by atomic mass is 16.6. The number of carbonyl (C=O) groups is 1. The van der Waals surface area contributed by atoms with E-state index < -0.39 is 16.9 Å². The van der Waals surface area contributed by atoms with Gasteiger partial charge in [-0.3, -0.25) is 14.9 Å². The van der Waals surface area contributed by atoms with Crippen molar-refractivity contribution in [1.29, 1.82) is 0 Å². The number of carboxylic acids is 1. The minimum absolute atomic E-state index is 0.0137. The molecule has 0 aliphatic carbocycles. The first kappa shape index (κ1) is 14.8. The van der Waals surface area contributed by atoms with Crippen molar-refractivity contribution >= 4 is 22.6 Å². The lowest BCUT2D eigenvalue weighted by Crippen LogP contribution is -2.32. The van der Waals surface area contributed by atoms with Gasteiger partial charge in [-0.2, -0.15) is 0 Å². The number of fused-ring (bicyclic) bond motifs is 1. The van der Waals surface area contributed by atoms with Crippen molar-refractivity contribution in [2.45, 2.75) is 12.5 Å². The number of methoxy groups -OCH3 is 1. The molecular weight excluding hydrogens is 278 g/mol. The number of nitro benzene ring substituents is 1. The molecule has 0 aliphatic heterocycles. The molecule has 0 radical (unpaired) electrons. The van der Waals surface area contributed by atoms with Crippen LogP contribution < -0.4 is 10.5 Å². The number of aryl methyl sites for hydroxylation is 1. The van der Waals surface area contributed by atoms with Crippen LogP contribution in [0.3, 0.4) is 0 Å². The zero-order chi connectivity index (χ0) is 15.7. The summed E-state index contributed by atoms with van der Waals surface area (Å²) in [5.74, 6) is -0.785. The van der Waals surface area contributed by atoms with Gasteiger partial charge in [0, 0.05) is 25.7 Å². The molecule has 0 spiro atoms. The van der Waals surface area contributed by atoms with E-state index in [4.69, 9.17) is 15.6 Å². The predicted octanol–water partition coefficient (Wildman–Crippen LogP) is 1.05. The molecule has 0 fully saturated rings. The quantitative estimate of drug-likeness (QED) is 0.628. The fraction of sp³-hybridized carbons (Fsp3) is 0.308. The number of hydrogen-bond donors (Lipinski definition) is 2. The Kier molecular flexibility index (Phi) is 3.81. The van der Waals surface area contributed by atoms with Gasteiger partial charge in [-0.05, 0) is 5.56 Å². The van der Waals surface area contributed by atoms with Crippen molar-refractivity contribution in [1.82, 2.24) is 4.57 Å². The summed E-state index contributed by atoms with van der Waals surface area (Å²) >= 11 is 0. The summed E-state index contributed by atoms with van der Waals surface area (Å²) in [4.78, 5) is 21.6. The van der Waals surface area contributed by atoms with E-state index in [2.05, 4.69) is 0 Å². The molecule has 1 aromatic heterocycles. The van der Waals surface area contributed by atoms with Crippen LogP contribution in [0.2, 0.25) is 0 Å². The van der Waals surface area contributed by atoms with Crippen molar-refractivity contribution in [3.8, 4) is 5.75 Å². The van der Waals surface area contributed by atoms with Crippen LogP contribution in [0.15, 0.2) is 18.3 Å². The van der Waals surface area contributed by atoms with Gasteiger partial charge in [0.2, 0.25) is 0 Å². The van der Waals surface area contributed by atoms with E-state index in [0.717, 1.165) is 0 Å². The van der Waals surface area contributed by atoms with Gasteiger partial charge in [-0.15, -0.1) is 0 Å². The van der Waals surface area contributed by atoms with Gasteiger partial charge in [0.1, 0.15) is 11.8 Å². The number of carboxylic acid groups (broad SMARTS) is 1. The Bertz CT molecular complexity index is 722. The molecule has 0 saturated heterocycles.